The first-order chi connectivity index (χ1) is 7.54. The molecular formula is C11H16ClN3O2. The summed E-state index contributed by atoms with van der Waals surface area (Å²) in [4.78, 5) is 15.4. The molecule has 0 radical (unpaired) electrons. The van der Waals surface area contributed by atoms with Crippen molar-refractivity contribution in [2.24, 2.45) is 16.5 Å². The van der Waals surface area contributed by atoms with Gasteiger partial charge in [0.25, 0.3) is 0 Å². The van der Waals surface area contributed by atoms with E-state index in [1.54, 1.807) is 25.1 Å². The molecule has 6 heteroatoms. The number of hydrogen-bond acceptors (Lipinski definition) is 3. The topological polar surface area (TPSA) is 90.7 Å². The zero-order chi connectivity index (χ0) is 12.1. The van der Waals surface area contributed by atoms with Crippen LogP contribution in [0.2, 0.25) is 0 Å². The summed E-state index contributed by atoms with van der Waals surface area (Å²) in [6, 6.07) is 5.06. The van der Waals surface area contributed by atoms with E-state index in [-0.39, 0.29) is 24.3 Å². The second kappa shape index (κ2) is 6.75. The molecule has 1 rings (SSSR count). The average Bonchev–Trinajstić information content (AvgIpc) is 2.21. The Labute approximate surface area is 106 Å². The van der Waals surface area contributed by atoms with Gasteiger partial charge < -0.3 is 16.2 Å². The summed E-state index contributed by atoms with van der Waals surface area (Å²) in [5.41, 5.74) is 12.5. The molecule has 0 aliphatic heterocycles. The van der Waals surface area contributed by atoms with Crippen LogP contribution in [0.15, 0.2) is 23.2 Å². The molecule has 0 heterocycles. The Kier molecular flexibility index (Phi) is 6.06. The number of halogens is 1. The van der Waals surface area contributed by atoms with E-state index in [0.717, 1.165) is 5.56 Å². The van der Waals surface area contributed by atoms with Gasteiger partial charge in [-0.25, -0.2) is 9.79 Å². The van der Waals surface area contributed by atoms with Gasteiger partial charge in [-0.1, -0.05) is 6.07 Å². The highest BCUT2D eigenvalue weighted by molar-refractivity contribution is 5.91. The van der Waals surface area contributed by atoms with Gasteiger partial charge in [0, 0.05) is 0 Å². The van der Waals surface area contributed by atoms with E-state index in [2.05, 4.69) is 4.99 Å². The summed E-state index contributed by atoms with van der Waals surface area (Å²) in [5, 5.41) is 0. The highest BCUT2D eigenvalue weighted by atomic mass is 35.5. The first kappa shape index (κ1) is 15.2. The van der Waals surface area contributed by atoms with Gasteiger partial charge >= 0.3 is 5.97 Å². The van der Waals surface area contributed by atoms with Gasteiger partial charge in [0.05, 0.1) is 17.9 Å². The summed E-state index contributed by atoms with van der Waals surface area (Å²) < 4.78 is 4.88. The van der Waals surface area contributed by atoms with E-state index < -0.39 is 0 Å². The minimum absolute atomic E-state index is 0. The van der Waals surface area contributed by atoms with Crippen molar-refractivity contribution in [3.8, 4) is 0 Å². The average molecular weight is 258 g/mol. The van der Waals surface area contributed by atoms with Crippen molar-refractivity contribution in [1.82, 2.24) is 0 Å². The van der Waals surface area contributed by atoms with Crippen molar-refractivity contribution in [1.29, 1.82) is 0 Å². The Hall–Kier alpha value is -1.75. The van der Waals surface area contributed by atoms with Crippen molar-refractivity contribution < 1.29 is 9.53 Å². The number of nitrogens with two attached hydrogens (primary N) is 2. The van der Waals surface area contributed by atoms with Crippen LogP contribution in [0.4, 0.5) is 5.69 Å². The number of hydrogen-bond donors (Lipinski definition) is 2. The van der Waals surface area contributed by atoms with E-state index in [1.165, 1.54) is 0 Å². The summed E-state index contributed by atoms with van der Waals surface area (Å²) in [5.74, 6) is -0.418. The number of benzene rings is 1. The van der Waals surface area contributed by atoms with Crippen molar-refractivity contribution in [3.63, 3.8) is 0 Å². The first-order valence-corrected chi connectivity index (χ1v) is 4.92. The van der Waals surface area contributed by atoms with Crippen LogP contribution >= 0.6 is 12.4 Å². The van der Waals surface area contributed by atoms with E-state index in [0.29, 0.717) is 17.9 Å². The van der Waals surface area contributed by atoms with Gasteiger partial charge in [-0.15, -0.1) is 12.4 Å². The Bertz CT molecular complexity index is 429. The van der Waals surface area contributed by atoms with Gasteiger partial charge in [0.2, 0.25) is 0 Å². The fourth-order valence-electron chi connectivity index (χ4n) is 1.21. The molecular weight excluding hydrogens is 242 g/mol. The van der Waals surface area contributed by atoms with Crippen molar-refractivity contribution in [2.45, 2.75) is 13.8 Å². The summed E-state index contributed by atoms with van der Waals surface area (Å²) in [6.45, 7) is 3.95. The Morgan fingerprint density at radius 3 is 2.59 bits per heavy atom. The molecule has 0 bridgehead atoms. The zero-order valence-corrected chi connectivity index (χ0v) is 10.6. The van der Waals surface area contributed by atoms with Crippen LogP contribution in [-0.4, -0.2) is 18.5 Å². The van der Waals surface area contributed by atoms with Crippen LogP contribution in [0, 0.1) is 6.92 Å². The molecule has 0 aliphatic rings. The molecule has 1 aromatic rings. The van der Waals surface area contributed by atoms with Crippen molar-refractivity contribution in [3.05, 3.63) is 29.3 Å². The molecule has 5 nitrogen and oxygen atoms in total. The SMILES string of the molecule is CCOC(=O)c1ccc(C)c(N=C(N)N)c1.Cl. The molecule has 0 saturated carbocycles. The standard InChI is InChI=1S/C11H15N3O2.ClH/c1-3-16-10(15)8-5-4-7(2)9(6-8)14-11(12)13;/h4-6H,3H2,1-2H3,(H4,12,13,14);1H. The number of aryl methyl sites for hydroxylation is 1. The normalized spacial score (nSPS) is 9.06. The van der Waals surface area contributed by atoms with Gasteiger partial charge in [-0.05, 0) is 31.5 Å². The number of carbonyl (C=O) groups excluding carboxylic acids is 1. The van der Waals surface area contributed by atoms with Gasteiger partial charge in [-0.2, -0.15) is 0 Å². The first-order valence-electron chi connectivity index (χ1n) is 4.92. The van der Waals surface area contributed by atoms with Crippen LogP contribution in [0.5, 0.6) is 0 Å². The smallest absolute Gasteiger partial charge is 0.338 e. The van der Waals surface area contributed by atoms with E-state index in [4.69, 9.17) is 16.2 Å². The molecule has 17 heavy (non-hydrogen) atoms. The fourth-order valence-corrected chi connectivity index (χ4v) is 1.21. The van der Waals surface area contributed by atoms with Gasteiger partial charge in [0.15, 0.2) is 5.96 Å². The number of aliphatic imine (C=N–C) groups is 1. The lowest BCUT2D eigenvalue weighted by molar-refractivity contribution is 0.0526. The largest absolute Gasteiger partial charge is 0.462 e. The lowest BCUT2D eigenvalue weighted by Gasteiger charge is -2.05. The number of carbonyl (C=O) groups is 1. The predicted molar refractivity (Wildman–Crippen MR) is 69.9 cm³/mol. The minimum atomic E-state index is -0.380. The highest BCUT2D eigenvalue weighted by Crippen LogP contribution is 2.20. The molecule has 94 valence electrons. The molecule has 1 aromatic carbocycles. The van der Waals surface area contributed by atoms with Crippen LogP contribution in [0.25, 0.3) is 0 Å². The fraction of sp³-hybridized carbons (Fsp3) is 0.273. The lowest BCUT2D eigenvalue weighted by Crippen LogP contribution is -2.22. The minimum Gasteiger partial charge on any atom is -0.462 e. The lowest BCUT2D eigenvalue weighted by atomic mass is 10.1. The molecule has 0 spiro atoms. The Balaban J connectivity index is 0.00000256. The van der Waals surface area contributed by atoms with Crippen molar-refractivity contribution in [2.75, 3.05) is 6.61 Å². The number of rotatable bonds is 3. The molecule has 4 N–H and O–H groups in total. The number of guanidine groups is 1. The maximum Gasteiger partial charge on any atom is 0.338 e. The number of ether oxygens (including phenoxy) is 1. The highest BCUT2D eigenvalue weighted by Gasteiger charge is 2.08. The molecule has 0 aromatic heterocycles. The third-order valence-corrected chi connectivity index (χ3v) is 1.97. The predicted octanol–water partition coefficient (Wildman–Crippen LogP) is 1.50. The van der Waals surface area contributed by atoms with E-state index in [1.807, 2.05) is 6.92 Å². The van der Waals surface area contributed by atoms with E-state index in [9.17, 15) is 4.79 Å². The number of esters is 1. The van der Waals surface area contributed by atoms with Crippen LogP contribution < -0.4 is 11.5 Å². The monoisotopic (exact) mass is 257 g/mol. The van der Waals surface area contributed by atoms with Gasteiger partial charge in [0.1, 0.15) is 0 Å². The second-order valence-corrected chi connectivity index (χ2v) is 3.26. The number of nitrogens with zero attached hydrogens (tertiary/aromatic N) is 1. The Morgan fingerprint density at radius 1 is 1.41 bits per heavy atom. The summed E-state index contributed by atoms with van der Waals surface area (Å²) in [6.07, 6.45) is 0. The van der Waals surface area contributed by atoms with Crippen molar-refractivity contribution >= 4 is 30.0 Å². The second-order valence-electron chi connectivity index (χ2n) is 3.26. The zero-order valence-electron chi connectivity index (χ0n) is 9.77. The molecule has 0 fully saturated rings. The third-order valence-electron chi connectivity index (χ3n) is 1.97. The molecule has 0 saturated heterocycles. The van der Waals surface area contributed by atoms with Crippen LogP contribution in [-0.2, 0) is 4.74 Å². The molecule has 0 unspecified atom stereocenters. The quantitative estimate of drug-likeness (QED) is 0.488. The molecule has 0 amide bonds. The summed E-state index contributed by atoms with van der Waals surface area (Å²) in [7, 11) is 0. The third kappa shape index (κ3) is 4.32. The maximum absolute atomic E-state index is 11.5. The van der Waals surface area contributed by atoms with Crippen LogP contribution in [0.1, 0.15) is 22.8 Å². The van der Waals surface area contributed by atoms with E-state index >= 15 is 0 Å². The van der Waals surface area contributed by atoms with Crippen LogP contribution in [0.3, 0.4) is 0 Å². The molecule has 0 aliphatic carbocycles. The van der Waals surface area contributed by atoms with Gasteiger partial charge in [-0.3, -0.25) is 0 Å². The Morgan fingerprint density at radius 2 is 2.06 bits per heavy atom. The maximum atomic E-state index is 11.5. The molecule has 0 atom stereocenters. The summed E-state index contributed by atoms with van der Waals surface area (Å²) >= 11 is 0.